The number of nitrogens with one attached hydrogen (secondary N) is 3. The third-order valence-electron chi connectivity index (χ3n) is 7.00. The molecule has 0 bridgehead atoms. The molecule has 0 spiro atoms. The molecule has 0 aliphatic carbocycles. The number of amides is 3. The lowest BCUT2D eigenvalue weighted by Gasteiger charge is -2.36. The molecule has 1 aromatic heterocycles. The van der Waals surface area contributed by atoms with Gasteiger partial charge in [0, 0.05) is 44.0 Å². The first kappa shape index (κ1) is 27.5. The van der Waals surface area contributed by atoms with Crippen molar-refractivity contribution in [2.24, 2.45) is 0 Å². The number of ether oxygens (including phenoxy) is 1. The summed E-state index contributed by atoms with van der Waals surface area (Å²) in [5.41, 5.74) is 6.19. The van der Waals surface area contributed by atoms with Crippen molar-refractivity contribution < 1.29 is 14.3 Å². The number of urea groups is 1. The highest BCUT2D eigenvalue weighted by molar-refractivity contribution is 6.28. The van der Waals surface area contributed by atoms with E-state index in [4.69, 9.17) is 21.3 Å². The maximum Gasteiger partial charge on any atom is 0.325 e. The number of H-pyrrole nitrogens is 1. The van der Waals surface area contributed by atoms with Crippen LogP contribution in [0.5, 0.6) is 5.75 Å². The Hall–Kier alpha value is -4.08. The molecule has 3 aromatic carbocycles. The fourth-order valence-electron chi connectivity index (χ4n) is 4.77. The van der Waals surface area contributed by atoms with Gasteiger partial charge in [-0.2, -0.15) is 0 Å². The molecule has 40 heavy (non-hydrogen) atoms. The molecule has 0 atom stereocenters. The van der Waals surface area contributed by atoms with E-state index in [1.54, 1.807) is 24.3 Å². The number of aromatic amines is 1. The van der Waals surface area contributed by atoms with Crippen LogP contribution in [0.25, 0.3) is 22.4 Å². The number of imidazole rings is 1. The predicted molar refractivity (Wildman–Crippen MR) is 159 cm³/mol. The van der Waals surface area contributed by atoms with Crippen LogP contribution in [0.1, 0.15) is 12.5 Å². The third kappa shape index (κ3) is 6.73. The number of hydrogen-bond acceptors (Lipinski definition) is 6. The fraction of sp³-hybridized carbons (Fsp3) is 0.300. The summed E-state index contributed by atoms with van der Waals surface area (Å²) < 4.78 is 5.91. The number of benzene rings is 3. The van der Waals surface area contributed by atoms with E-state index in [1.807, 2.05) is 0 Å². The van der Waals surface area contributed by atoms with Crippen molar-refractivity contribution in [3.05, 3.63) is 72.3 Å². The van der Waals surface area contributed by atoms with Crippen LogP contribution in [-0.4, -0.2) is 72.0 Å². The molecule has 5 rings (SSSR count). The van der Waals surface area contributed by atoms with Gasteiger partial charge in [0.05, 0.1) is 11.2 Å². The molecule has 10 heteroatoms. The Morgan fingerprint density at radius 3 is 2.45 bits per heavy atom. The highest BCUT2D eigenvalue weighted by atomic mass is 35.5. The van der Waals surface area contributed by atoms with E-state index in [1.165, 1.54) is 5.56 Å². The van der Waals surface area contributed by atoms with Crippen LogP contribution in [0, 0.1) is 0 Å². The van der Waals surface area contributed by atoms with Gasteiger partial charge in [-0.3, -0.25) is 15.0 Å². The number of carbonyl (C=O) groups excluding carboxylic acids is 2. The molecule has 3 amide bonds. The fourth-order valence-corrected chi connectivity index (χ4v) is 4.84. The van der Waals surface area contributed by atoms with Crippen molar-refractivity contribution >= 4 is 45.9 Å². The molecule has 4 aromatic rings. The highest BCUT2D eigenvalue weighted by Crippen LogP contribution is 2.29. The summed E-state index contributed by atoms with van der Waals surface area (Å²) in [5, 5.41) is 4.71. The highest BCUT2D eigenvalue weighted by Gasteiger charge is 2.20. The average Bonchev–Trinajstić information content (AvgIpc) is 3.43. The number of aryl methyl sites for hydroxylation is 1. The van der Waals surface area contributed by atoms with E-state index in [9.17, 15) is 9.59 Å². The molecular formula is C30H33ClN6O3. The van der Waals surface area contributed by atoms with Gasteiger partial charge in [0.15, 0.2) is 0 Å². The minimum absolute atomic E-state index is 0.273. The first-order chi connectivity index (χ1) is 19.5. The van der Waals surface area contributed by atoms with E-state index in [0.29, 0.717) is 18.0 Å². The maximum atomic E-state index is 11.7. The second kappa shape index (κ2) is 12.8. The number of rotatable bonds is 9. The van der Waals surface area contributed by atoms with Crippen molar-refractivity contribution in [3.63, 3.8) is 0 Å². The van der Waals surface area contributed by atoms with Gasteiger partial charge in [-0.05, 0) is 48.4 Å². The Morgan fingerprint density at radius 2 is 1.75 bits per heavy atom. The molecule has 0 radical (unpaired) electrons. The first-order valence-electron chi connectivity index (χ1n) is 13.5. The lowest BCUT2D eigenvalue weighted by molar-refractivity contribution is -0.117. The number of piperazine rings is 1. The molecule has 0 unspecified atom stereocenters. The number of imide groups is 1. The predicted octanol–water partition coefficient (Wildman–Crippen LogP) is 4.88. The van der Waals surface area contributed by atoms with Crippen molar-refractivity contribution in [3.8, 4) is 17.1 Å². The van der Waals surface area contributed by atoms with Crippen LogP contribution in [0.15, 0.2) is 66.7 Å². The van der Waals surface area contributed by atoms with Crippen molar-refractivity contribution in [1.29, 1.82) is 0 Å². The molecule has 1 aliphatic rings. The van der Waals surface area contributed by atoms with Gasteiger partial charge in [0.25, 0.3) is 0 Å². The summed E-state index contributed by atoms with van der Waals surface area (Å²) in [5.74, 6) is 0.784. The second-order valence-corrected chi connectivity index (χ2v) is 9.91. The minimum Gasteiger partial charge on any atom is -0.492 e. The third-order valence-corrected chi connectivity index (χ3v) is 7.25. The van der Waals surface area contributed by atoms with Crippen LogP contribution in [-0.2, 0) is 11.2 Å². The van der Waals surface area contributed by atoms with Gasteiger partial charge in [0.1, 0.15) is 29.6 Å². The van der Waals surface area contributed by atoms with Crippen LogP contribution in [0.4, 0.5) is 16.2 Å². The maximum absolute atomic E-state index is 11.7. The van der Waals surface area contributed by atoms with Gasteiger partial charge in [-0.15, -0.1) is 11.6 Å². The quantitative estimate of drug-likeness (QED) is 0.252. The zero-order valence-electron chi connectivity index (χ0n) is 22.5. The Kier molecular flexibility index (Phi) is 8.83. The summed E-state index contributed by atoms with van der Waals surface area (Å²) in [6.45, 7) is 7.26. The van der Waals surface area contributed by atoms with E-state index >= 15 is 0 Å². The van der Waals surface area contributed by atoms with Gasteiger partial charge < -0.3 is 19.9 Å². The number of nitrogens with zero attached hydrogens (tertiary/aromatic N) is 3. The Labute approximate surface area is 238 Å². The normalized spacial score (nSPS) is 13.8. The van der Waals surface area contributed by atoms with Gasteiger partial charge in [-0.25, -0.2) is 9.78 Å². The molecule has 208 valence electrons. The summed E-state index contributed by atoms with van der Waals surface area (Å²) in [6, 6.07) is 21.3. The number of carbonyl (C=O) groups is 2. The number of aromatic nitrogens is 2. The number of fused-ring (bicyclic) bond motifs is 1. The topological polar surface area (TPSA) is 103 Å². The second-order valence-electron chi connectivity index (χ2n) is 9.65. The number of halogens is 1. The monoisotopic (exact) mass is 560 g/mol. The van der Waals surface area contributed by atoms with E-state index in [0.717, 1.165) is 67.3 Å². The molecule has 1 saturated heterocycles. The minimum atomic E-state index is -0.621. The van der Waals surface area contributed by atoms with E-state index < -0.39 is 11.9 Å². The SMILES string of the molecule is CCc1ccc(-c2nc3c(N4CCN(CCOc5ccc(NC(=O)NC(=O)CCl)cc5)CC4)cccc3[nH]2)cc1. The largest absolute Gasteiger partial charge is 0.492 e. The number of anilines is 2. The number of alkyl halides is 1. The van der Waals surface area contributed by atoms with Crippen LogP contribution >= 0.6 is 11.6 Å². The van der Waals surface area contributed by atoms with Crippen molar-refractivity contribution in [2.75, 3.05) is 55.4 Å². The lowest BCUT2D eigenvalue weighted by atomic mass is 10.1. The zero-order chi connectivity index (χ0) is 27.9. The number of para-hydroxylation sites is 1. The van der Waals surface area contributed by atoms with Crippen molar-refractivity contribution in [2.45, 2.75) is 13.3 Å². The summed E-state index contributed by atoms with van der Waals surface area (Å²) in [6.07, 6.45) is 1.02. The molecule has 9 nitrogen and oxygen atoms in total. The van der Waals surface area contributed by atoms with Gasteiger partial charge in [-0.1, -0.05) is 37.3 Å². The first-order valence-corrected chi connectivity index (χ1v) is 14.0. The summed E-state index contributed by atoms with van der Waals surface area (Å²) in [7, 11) is 0. The van der Waals surface area contributed by atoms with Gasteiger partial charge >= 0.3 is 6.03 Å². The molecule has 2 heterocycles. The van der Waals surface area contributed by atoms with Crippen molar-refractivity contribution in [1.82, 2.24) is 20.2 Å². The Morgan fingerprint density at radius 1 is 1.00 bits per heavy atom. The van der Waals surface area contributed by atoms with Crippen LogP contribution in [0.2, 0.25) is 0 Å². The van der Waals surface area contributed by atoms with Crippen LogP contribution in [0.3, 0.4) is 0 Å². The molecule has 3 N–H and O–H groups in total. The Bertz CT molecular complexity index is 1450. The molecule has 1 aliphatic heterocycles. The van der Waals surface area contributed by atoms with Crippen LogP contribution < -0.4 is 20.3 Å². The number of hydrogen-bond donors (Lipinski definition) is 3. The lowest BCUT2D eigenvalue weighted by Crippen LogP contribution is -2.47. The summed E-state index contributed by atoms with van der Waals surface area (Å²) in [4.78, 5) is 36.2. The van der Waals surface area contributed by atoms with E-state index in [2.05, 4.69) is 74.8 Å². The molecule has 0 saturated carbocycles. The Balaban J connectivity index is 1.11. The van der Waals surface area contributed by atoms with E-state index in [-0.39, 0.29) is 5.88 Å². The summed E-state index contributed by atoms with van der Waals surface area (Å²) >= 11 is 5.39. The average molecular weight is 561 g/mol. The molecular weight excluding hydrogens is 528 g/mol. The molecule has 1 fully saturated rings. The smallest absolute Gasteiger partial charge is 0.325 e. The zero-order valence-corrected chi connectivity index (χ0v) is 23.2. The standard InChI is InChI=1S/C30H33ClN6O3/c1-2-21-6-8-22(9-7-21)29-33-25-4-3-5-26(28(25)35-29)37-16-14-36(15-17-37)18-19-40-24-12-10-23(11-13-24)32-30(39)34-27(38)20-31/h3-13H,2,14-20H2,1H3,(H,33,35)(H2,32,34,38,39). The van der Waals surface area contributed by atoms with Gasteiger partial charge in [0.2, 0.25) is 5.91 Å².